The highest BCUT2D eigenvalue weighted by Crippen LogP contribution is 2.37. The topological polar surface area (TPSA) is 88.1 Å². The Kier molecular flexibility index (Phi) is 2.62. The summed E-state index contributed by atoms with van der Waals surface area (Å²) in [6.07, 6.45) is 0. The summed E-state index contributed by atoms with van der Waals surface area (Å²) in [4.78, 5) is 11.3. The number of nitrogens with zero attached hydrogens (tertiary/aromatic N) is 1. The van der Waals surface area contributed by atoms with Gasteiger partial charge in [0.15, 0.2) is 6.61 Å². The summed E-state index contributed by atoms with van der Waals surface area (Å²) in [6, 6.07) is 7.51. The van der Waals surface area contributed by atoms with Crippen molar-refractivity contribution in [1.29, 1.82) is 5.26 Å². The van der Waals surface area contributed by atoms with Crippen molar-refractivity contribution in [2.75, 3.05) is 17.7 Å². The molecule has 0 bridgehead atoms. The fourth-order valence-corrected chi connectivity index (χ4v) is 2.72. The second-order valence-electron chi connectivity index (χ2n) is 4.05. The zero-order valence-electron chi connectivity index (χ0n) is 9.77. The van der Waals surface area contributed by atoms with E-state index >= 15 is 0 Å². The summed E-state index contributed by atoms with van der Waals surface area (Å²) in [5, 5.41) is 14.2. The van der Waals surface area contributed by atoms with Gasteiger partial charge in [0.05, 0.1) is 11.3 Å². The molecule has 1 aromatic heterocycles. The van der Waals surface area contributed by atoms with Gasteiger partial charge in [-0.05, 0) is 17.7 Å². The molecule has 94 valence electrons. The SMILES string of the molecule is N#Cc1c(-c2ccc3c(c2)NC(=O)CO3)csc1N. The minimum Gasteiger partial charge on any atom is -0.482 e. The van der Waals surface area contributed by atoms with Crippen LogP contribution >= 0.6 is 11.3 Å². The van der Waals surface area contributed by atoms with E-state index in [4.69, 9.17) is 15.7 Å². The number of hydrogen-bond acceptors (Lipinski definition) is 5. The Bertz CT molecular complexity index is 715. The molecule has 0 unspecified atom stereocenters. The molecule has 0 saturated heterocycles. The van der Waals surface area contributed by atoms with Gasteiger partial charge in [0.2, 0.25) is 0 Å². The molecule has 2 heterocycles. The summed E-state index contributed by atoms with van der Waals surface area (Å²) < 4.78 is 5.29. The molecule has 3 N–H and O–H groups in total. The smallest absolute Gasteiger partial charge is 0.262 e. The van der Waals surface area contributed by atoms with Gasteiger partial charge in [0, 0.05) is 10.9 Å². The Balaban J connectivity index is 2.09. The van der Waals surface area contributed by atoms with Crippen molar-refractivity contribution in [3.05, 3.63) is 29.1 Å². The predicted molar refractivity (Wildman–Crippen MR) is 73.0 cm³/mol. The molecule has 0 fully saturated rings. The lowest BCUT2D eigenvalue weighted by Crippen LogP contribution is -2.25. The number of amides is 1. The molecule has 1 aliphatic rings. The normalized spacial score (nSPS) is 13.1. The van der Waals surface area contributed by atoms with Gasteiger partial charge in [-0.2, -0.15) is 5.26 Å². The highest BCUT2D eigenvalue weighted by molar-refractivity contribution is 7.14. The standard InChI is InChI=1S/C13H9N3O2S/c14-4-8-9(6-19-13(8)15)7-1-2-11-10(3-7)16-12(17)5-18-11/h1-3,6H,5,15H2,(H,16,17). The van der Waals surface area contributed by atoms with Crippen LogP contribution in [0.3, 0.4) is 0 Å². The quantitative estimate of drug-likeness (QED) is 0.832. The van der Waals surface area contributed by atoms with Gasteiger partial charge in [-0.15, -0.1) is 11.3 Å². The number of benzene rings is 1. The number of carbonyl (C=O) groups is 1. The number of ether oxygens (including phenoxy) is 1. The Morgan fingerprint density at radius 2 is 2.32 bits per heavy atom. The highest BCUT2D eigenvalue weighted by atomic mass is 32.1. The molecule has 3 rings (SSSR count). The van der Waals surface area contributed by atoms with Gasteiger partial charge < -0.3 is 15.8 Å². The van der Waals surface area contributed by atoms with E-state index in [0.29, 0.717) is 22.0 Å². The van der Waals surface area contributed by atoms with Crippen molar-refractivity contribution in [2.45, 2.75) is 0 Å². The van der Waals surface area contributed by atoms with Crippen molar-refractivity contribution < 1.29 is 9.53 Å². The van der Waals surface area contributed by atoms with Crippen molar-refractivity contribution in [1.82, 2.24) is 0 Å². The first-order chi connectivity index (χ1) is 9.19. The molecule has 0 aliphatic carbocycles. The molecule has 0 radical (unpaired) electrons. The third kappa shape index (κ3) is 1.90. The third-order valence-electron chi connectivity index (χ3n) is 2.85. The molecule has 2 aromatic rings. The second-order valence-corrected chi connectivity index (χ2v) is 4.96. The van der Waals surface area contributed by atoms with Crippen LogP contribution in [0, 0.1) is 11.3 Å². The number of nitriles is 1. The van der Waals surface area contributed by atoms with E-state index in [1.54, 1.807) is 12.1 Å². The largest absolute Gasteiger partial charge is 0.482 e. The minimum atomic E-state index is -0.185. The molecule has 5 nitrogen and oxygen atoms in total. The Hall–Kier alpha value is -2.52. The number of fused-ring (bicyclic) bond motifs is 1. The van der Waals surface area contributed by atoms with E-state index in [2.05, 4.69) is 11.4 Å². The average molecular weight is 271 g/mol. The monoisotopic (exact) mass is 271 g/mol. The van der Waals surface area contributed by atoms with Gasteiger partial charge in [-0.25, -0.2) is 0 Å². The second kappa shape index (κ2) is 4.30. The van der Waals surface area contributed by atoms with Gasteiger partial charge in [-0.3, -0.25) is 4.79 Å². The van der Waals surface area contributed by atoms with E-state index in [-0.39, 0.29) is 12.5 Å². The van der Waals surface area contributed by atoms with Gasteiger partial charge in [-0.1, -0.05) is 6.07 Å². The lowest BCUT2D eigenvalue weighted by Gasteiger charge is -2.18. The number of nitrogens with one attached hydrogen (secondary N) is 1. The number of anilines is 2. The number of nitrogen functional groups attached to an aromatic ring is 1. The lowest BCUT2D eigenvalue weighted by atomic mass is 10.0. The highest BCUT2D eigenvalue weighted by Gasteiger charge is 2.18. The molecule has 0 atom stereocenters. The minimum absolute atomic E-state index is 0.0290. The van der Waals surface area contributed by atoms with E-state index in [1.165, 1.54) is 11.3 Å². The number of hydrogen-bond donors (Lipinski definition) is 2. The van der Waals surface area contributed by atoms with Crippen LogP contribution in [0.15, 0.2) is 23.6 Å². The summed E-state index contributed by atoms with van der Waals surface area (Å²) in [5.41, 5.74) is 8.43. The maximum Gasteiger partial charge on any atom is 0.262 e. The first kappa shape index (κ1) is 11.6. The first-order valence-corrected chi connectivity index (χ1v) is 6.41. The molecule has 6 heteroatoms. The van der Waals surface area contributed by atoms with Crippen LogP contribution < -0.4 is 15.8 Å². The van der Waals surface area contributed by atoms with E-state index in [1.807, 2.05) is 11.4 Å². The summed E-state index contributed by atoms with van der Waals surface area (Å²) in [6.45, 7) is 0.0290. The van der Waals surface area contributed by atoms with Gasteiger partial charge in [0.1, 0.15) is 16.8 Å². The lowest BCUT2D eigenvalue weighted by molar-refractivity contribution is -0.118. The van der Waals surface area contributed by atoms with Gasteiger partial charge >= 0.3 is 0 Å². The molecule has 1 aromatic carbocycles. The zero-order chi connectivity index (χ0) is 13.4. The molecule has 0 saturated carbocycles. The molecule has 19 heavy (non-hydrogen) atoms. The van der Waals surface area contributed by atoms with Crippen LogP contribution in [0.25, 0.3) is 11.1 Å². The van der Waals surface area contributed by atoms with Crippen molar-refractivity contribution in [3.63, 3.8) is 0 Å². The molecule has 1 amide bonds. The van der Waals surface area contributed by atoms with Crippen molar-refractivity contribution >= 4 is 27.9 Å². The number of rotatable bonds is 1. The van der Waals surface area contributed by atoms with Crippen LogP contribution in [-0.2, 0) is 4.79 Å². The van der Waals surface area contributed by atoms with Crippen LogP contribution in [-0.4, -0.2) is 12.5 Å². The third-order valence-corrected chi connectivity index (χ3v) is 3.67. The van der Waals surface area contributed by atoms with Crippen molar-refractivity contribution in [3.8, 4) is 22.9 Å². The number of thiophene rings is 1. The van der Waals surface area contributed by atoms with E-state index in [0.717, 1.165) is 11.1 Å². The number of nitrogens with two attached hydrogens (primary N) is 1. The van der Waals surface area contributed by atoms with Gasteiger partial charge in [0.25, 0.3) is 5.91 Å². The van der Waals surface area contributed by atoms with Crippen LogP contribution in [0.1, 0.15) is 5.56 Å². The average Bonchev–Trinajstić information content (AvgIpc) is 2.79. The number of carbonyl (C=O) groups excluding carboxylic acids is 1. The summed E-state index contributed by atoms with van der Waals surface area (Å²) in [7, 11) is 0. The van der Waals surface area contributed by atoms with Crippen LogP contribution in [0.2, 0.25) is 0 Å². The molecule has 0 spiro atoms. The molecular formula is C13H9N3O2S. The van der Waals surface area contributed by atoms with E-state index < -0.39 is 0 Å². The first-order valence-electron chi connectivity index (χ1n) is 5.53. The maximum atomic E-state index is 11.3. The Morgan fingerprint density at radius 1 is 1.47 bits per heavy atom. The zero-order valence-corrected chi connectivity index (χ0v) is 10.6. The maximum absolute atomic E-state index is 11.3. The molecular weight excluding hydrogens is 262 g/mol. The fourth-order valence-electron chi connectivity index (χ4n) is 1.95. The fraction of sp³-hybridized carbons (Fsp3) is 0.0769. The van der Waals surface area contributed by atoms with E-state index in [9.17, 15) is 4.79 Å². The van der Waals surface area contributed by atoms with Crippen LogP contribution in [0.5, 0.6) is 5.75 Å². The predicted octanol–water partition coefficient (Wildman–Crippen LogP) is 2.20. The summed E-state index contributed by atoms with van der Waals surface area (Å²) in [5.74, 6) is 0.444. The van der Waals surface area contributed by atoms with Crippen molar-refractivity contribution in [2.24, 2.45) is 0 Å². The Labute approximate surface area is 113 Å². The Morgan fingerprint density at radius 3 is 3.11 bits per heavy atom. The van der Waals surface area contributed by atoms with Crippen LogP contribution in [0.4, 0.5) is 10.7 Å². The molecule has 1 aliphatic heterocycles. The summed E-state index contributed by atoms with van der Waals surface area (Å²) >= 11 is 1.33.